The van der Waals surface area contributed by atoms with Gasteiger partial charge in [0.1, 0.15) is 0 Å². The average Bonchev–Trinajstić information content (AvgIpc) is 2.87. The summed E-state index contributed by atoms with van der Waals surface area (Å²) in [7, 11) is -3.97. The molecule has 1 aromatic heterocycles. The molecule has 0 bridgehead atoms. The molecule has 0 aliphatic heterocycles. The Morgan fingerprint density at radius 1 is 0.919 bits per heavy atom. The van der Waals surface area contributed by atoms with E-state index in [1.54, 1.807) is 30.3 Å². The van der Waals surface area contributed by atoms with E-state index in [0.29, 0.717) is 33.9 Å². The van der Waals surface area contributed by atoms with Gasteiger partial charge in [-0.05, 0) is 79.6 Å². The Bertz CT molecular complexity index is 1510. The molecule has 4 aromatic rings. The number of rotatable bonds is 10. The third-order valence-electron chi connectivity index (χ3n) is 5.54. The zero-order valence-corrected chi connectivity index (χ0v) is 22.1. The summed E-state index contributed by atoms with van der Waals surface area (Å²) in [4.78, 5) is 21.5. The first-order valence-electron chi connectivity index (χ1n) is 11.9. The largest absolute Gasteiger partial charge is 0.462 e. The minimum absolute atomic E-state index is 0.0331. The molecule has 4 rings (SSSR count). The van der Waals surface area contributed by atoms with Crippen LogP contribution >= 0.6 is 11.6 Å². The number of unbranched alkanes of at least 4 members (excludes halogenated alkanes) is 2. The molecule has 0 aliphatic carbocycles. The molecular formula is C27H27ClN4O4S. The average molecular weight is 539 g/mol. The summed E-state index contributed by atoms with van der Waals surface area (Å²) in [5.74, 6) is -0.142. The van der Waals surface area contributed by atoms with Gasteiger partial charge in [-0.3, -0.25) is 4.72 Å². The molecule has 37 heavy (non-hydrogen) atoms. The van der Waals surface area contributed by atoms with E-state index < -0.39 is 10.0 Å². The lowest BCUT2D eigenvalue weighted by molar-refractivity contribution is 0.0498. The van der Waals surface area contributed by atoms with Crippen molar-refractivity contribution in [2.45, 2.75) is 38.0 Å². The molecule has 0 saturated carbocycles. The van der Waals surface area contributed by atoms with E-state index in [4.69, 9.17) is 16.3 Å². The van der Waals surface area contributed by atoms with Gasteiger partial charge in [0.2, 0.25) is 0 Å². The Morgan fingerprint density at radius 3 is 2.32 bits per heavy atom. The van der Waals surface area contributed by atoms with Crippen molar-refractivity contribution in [3.63, 3.8) is 0 Å². The summed E-state index contributed by atoms with van der Waals surface area (Å²) in [6.45, 7) is 4.41. The van der Waals surface area contributed by atoms with Crippen molar-refractivity contribution in [2.24, 2.45) is 0 Å². The maximum Gasteiger partial charge on any atom is 0.338 e. The highest BCUT2D eigenvalue weighted by Gasteiger charge is 2.19. The van der Waals surface area contributed by atoms with E-state index in [1.807, 2.05) is 19.1 Å². The van der Waals surface area contributed by atoms with Crippen LogP contribution in [0, 0.1) is 6.92 Å². The molecule has 1 heterocycles. The third kappa shape index (κ3) is 6.75. The van der Waals surface area contributed by atoms with Gasteiger partial charge in [0.05, 0.1) is 28.1 Å². The molecule has 0 fully saturated rings. The van der Waals surface area contributed by atoms with E-state index in [9.17, 15) is 13.2 Å². The number of fused-ring (bicyclic) bond motifs is 1. The maximum absolute atomic E-state index is 13.1. The van der Waals surface area contributed by atoms with Crippen LogP contribution in [0.2, 0.25) is 5.02 Å². The highest BCUT2D eigenvalue weighted by molar-refractivity contribution is 7.92. The van der Waals surface area contributed by atoms with Crippen molar-refractivity contribution in [1.82, 2.24) is 9.97 Å². The Hall–Kier alpha value is -3.69. The highest BCUT2D eigenvalue weighted by atomic mass is 35.5. The molecule has 192 valence electrons. The summed E-state index contributed by atoms with van der Waals surface area (Å²) < 4.78 is 33.9. The Labute approximate surface area is 221 Å². The normalized spacial score (nSPS) is 11.3. The maximum atomic E-state index is 13.1. The molecule has 10 heteroatoms. The molecule has 2 N–H and O–H groups in total. The van der Waals surface area contributed by atoms with Crippen molar-refractivity contribution in [3.8, 4) is 0 Å². The number of hydrogen-bond acceptors (Lipinski definition) is 7. The molecule has 8 nitrogen and oxygen atoms in total. The second-order valence-electron chi connectivity index (χ2n) is 8.52. The lowest BCUT2D eigenvalue weighted by atomic mass is 10.2. The number of carbonyl (C=O) groups excluding carboxylic acids is 1. The van der Waals surface area contributed by atoms with Gasteiger partial charge in [-0.1, -0.05) is 37.4 Å². The molecule has 0 spiro atoms. The van der Waals surface area contributed by atoms with Crippen molar-refractivity contribution in [2.75, 3.05) is 16.6 Å². The van der Waals surface area contributed by atoms with Gasteiger partial charge in [-0.2, -0.15) is 0 Å². The number of carbonyl (C=O) groups is 1. The van der Waals surface area contributed by atoms with Gasteiger partial charge in [0, 0.05) is 10.7 Å². The monoisotopic (exact) mass is 538 g/mol. The summed E-state index contributed by atoms with van der Waals surface area (Å²) in [6.07, 6.45) is 2.89. The van der Waals surface area contributed by atoms with Crippen LogP contribution in [0.4, 0.5) is 17.3 Å². The van der Waals surface area contributed by atoms with Gasteiger partial charge in [0.15, 0.2) is 11.6 Å². The minimum atomic E-state index is -3.97. The van der Waals surface area contributed by atoms with E-state index in [-0.39, 0.29) is 22.5 Å². The second kappa shape index (κ2) is 11.6. The first-order valence-corrected chi connectivity index (χ1v) is 13.7. The number of halogens is 1. The molecule has 0 unspecified atom stereocenters. The fourth-order valence-electron chi connectivity index (χ4n) is 3.55. The lowest BCUT2D eigenvalue weighted by Crippen LogP contribution is -2.16. The smallest absolute Gasteiger partial charge is 0.338 e. The molecule has 0 amide bonds. The summed E-state index contributed by atoms with van der Waals surface area (Å²) in [5.41, 5.74) is 3.14. The molecule has 0 aliphatic rings. The van der Waals surface area contributed by atoms with Crippen molar-refractivity contribution in [1.29, 1.82) is 0 Å². The van der Waals surface area contributed by atoms with Gasteiger partial charge in [-0.15, -0.1) is 0 Å². The highest BCUT2D eigenvalue weighted by Crippen LogP contribution is 2.28. The summed E-state index contributed by atoms with van der Waals surface area (Å²) in [5, 5.41) is 3.55. The molecule has 0 atom stereocenters. The van der Waals surface area contributed by atoms with Crippen LogP contribution in [0.25, 0.3) is 11.0 Å². The molecular weight excluding hydrogens is 512 g/mol. The number of benzene rings is 3. The SMILES string of the molecule is CCCCCOC(=O)c1ccc(Nc2nc3cc(C)ccc3nc2NS(=O)(=O)c2ccc(Cl)cc2)cc1. The standard InChI is InChI=1S/C27H27ClN4O4S/c1-3-4-5-16-36-27(33)19-7-11-21(12-8-19)29-25-26(30-23-15-6-18(2)17-24(23)31-25)32-37(34,35)22-13-9-20(28)10-14-22/h6-15,17H,3-5,16H2,1-2H3,(H,29,31)(H,30,32). The zero-order valence-electron chi connectivity index (χ0n) is 20.5. The number of anilines is 3. The van der Waals surface area contributed by atoms with Gasteiger partial charge in [0.25, 0.3) is 10.0 Å². The van der Waals surface area contributed by atoms with E-state index in [0.717, 1.165) is 24.8 Å². The summed E-state index contributed by atoms with van der Waals surface area (Å²) >= 11 is 5.91. The van der Waals surface area contributed by atoms with E-state index >= 15 is 0 Å². The van der Waals surface area contributed by atoms with E-state index in [1.165, 1.54) is 24.3 Å². The quantitative estimate of drug-likeness (QED) is 0.175. The van der Waals surface area contributed by atoms with Crippen molar-refractivity contribution >= 4 is 56.0 Å². The predicted molar refractivity (Wildman–Crippen MR) is 146 cm³/mol. The fraction of sp³-hybridized carbons (Fsp3) is 0.222. The first kappa shape index (κ1) is 26.4. The Morgan fingerprint density at radius 2 is 1.62 bits per heavy atom. The lowest BCUT2D eigenvalue weighted by Gasteiger charge is -2.14. The van der Waals surface area contributed by atoms with Crippen LogP contribution in [-0.4, -0.2) is 31.0 Å². The van der Waals surface area contributed by atoms with Crippen LogP contribution in [0.15, 0.2) is 71.6 Å². The van der Waals surface area contributed by atoms with Crippen LogP contribution in [0.1, 0.15) is 42.1 Å². The minimum Gasteiger partial charge on any atom is -0.462 e. The topological polar surface area (TPSA) is 110 Å². The van der Waals surface area contributed by atoms with Crippen LogP contribution in [-0.2, 0) is 14.8 Å². The molecule has 3 aromatic carbocycles. The van der Waals surface area contributed by atoms with Crippen molar-refractivity contribution < 1.29 is 17.9 Å². The number of nitrogens with one attached hydrogen (secondary N) is 2. The second-order valence-corrected chi connectivity index (χ2v) is 10.6. The number of sulfonamides is 1. The van der Waals surface area contributed by atoms with Crippen LogP contribution < -0.4 is 10.0 Å². The number of hydrogen-bond donors (Lipinski definition) is 2. The predicted octanol–water partition coefficient (Wildman–Crippen LogP) is 6.48. The van der Waals surface area contributed by atoms with Gasteiger partial charge in [-0.25, -0.2) is 23.2 Å². The van der Waals surface area contributed by atoms with Gasteiger partial charge < -0.3 is 10.1 Å². The third-order valence-corrected chi connectivity index (χ3v) is 7.15. The van der Waals surface area contributed by atoms with Crippen LogP contribution in [0.3, 0.4) is 0 Å². The molecule has 0 saturated heterocycles. The van der Waals surface area contributed by atoms with Crippen molar-refractivity contribution in [3.05, 3.63) is 82.9 Å². The molecule has 0 radical (unpaired) electrons. The number of aromatic nitrogens is 2. The number of esters is 1. The first-order chi connectivity index (χ1) is 17.7. The Kier molecular flexibility index (Phi) is 8.25. The number of ether oxygens (including phenoxy) is 1. The summed E-state index contributed by atoms with van der Waals surface area (Å²) in [6, 6.07) is 18.0. The van der Waals surface area contributed by atoms with Gasteiger partial charge >= 0.3 is 5.97 Å². The Balaban J connectivity index is 1.61. The zero-order chi connectivity index (χ0) is 26.4. The fourth-order valence-corrected chi connectivity index (χ4v) is 4.68. The number of nitrogens with zero attached hydrogens (tertiary/aromatic N) is 2. The van der Waals surface area contributed by atoms with E-state index in [2.05, 4.69) is 26.9 Å². The number of aryl methyl sites for hydroxylation is 1. The van der Waals surface area contributed by atoms with Crippen LogP contribution in [0.5, 0.6) is 0 Å².